The Kier molecular flexibility index (Phi) is 8.21. The van der Waals surface area contributed by atoms with Gasteiger partial charge in [-0.3, -0.25) is 19.7 Å². The highest BCUT2D eigenvalue weighted by Crippen LogP contribution is 2.32. The van der Waals surface area contributed by atoms with Gasteiger partial charge in [0.15, 0.2) is 5.13 Å². The number of rotatable bonds is 7. The molecule has 1 heterocycles. The van der Waals surface area contributed by atoms with Crippen LogP contribution in [0.1, 0.15) is 57.4 Å². The Morgan fingerprint density at radius 2 is 1.62 bits per heavy atom. The first-order valence-electron chi connectivity index (χ1n) is 12.3. The molecule has 0 spiro atoms. The van der Waals surface area contributed by atoms with Crippen LogP contribution in [0.2, 0.25) is 0 Å². The average Bonchev–Trinajstić information content (AvgIpc) is 3.41. The highest BCUT2D eigenvalue weighted by atomic mass is 32.1. The van der Waals surface area contributed by atoms with Gasteiger partial charge in [0, 0.05) is 40.5 Å². The molecule has 0 unspecified atom stereocenters. The summed E-state index contributed by atoms with van der Waals surface area (Å²) >= 11 is 1.25. The van der Waals surface area contributed by atoms with Gasteiger partial charge in [-0.25, -0.2) is 9.37 Å². The second-order valence-corrected chi connectivity index (χ2v) is 11.1. The van der Waals surface area contributed by atoms with E-state index >= 15 is 4.39 Å². The highest BCUT2D eigenvalue weighted by Gasteiger charge is 2.22. The number of aromatic nitrogens is 1. The fourth-order valence-corrected chi connectivity index (χ4v) is 4.34. The van der Waals surface area contributed by atoms with Crippen LogP contribution in [-0.2, 0) is 0 Å². The van der Waals surface area contributed by atoms with Crippen LogP contribution in [0.4, 0.5) is 15.2 Å². The molecule has 7 nitrogen and oxygen atoms in total. The number of carbonyl (C=O) groups excluding carboxylic acids is 3. The van der Waals surface area contributed by atoms with Crippen LogP contribution in [-0.4, -0.2) is 29.3 Å². The monoisotopic (exact) mass is 544 g/mol. The van der Waals surface area contributed by atoms with Crippen molar-refractivity contribution < 1.29 is 18.8 Å². The molecular weight excluding hydrogens is 515 g/mol. The maximum Gasteiger partial charge on any atom is 0.258 e. The number of para-hydroxylation sites is 1. The van der Waals surface area contributed by atoms with Gasteiger partial charge >= 0.3 is 0 Å². The maximum absolute atomic E-state index is 15.1. The van der Waals surface area contributed by atoms with E-state index in [1.807, 2.05) is 26.8 Å². The SMILES string of the molecule is Cc1c(F)cc(C(=O)Nc2ccccc2)cc1-c1ccc(C(=O)NCC(C)(C)C)cc1C(=O)Nc1nccs1. The van der Waals surface area contributed by atoms with Gasteiger partial charge in [-0.05, 0) is 65.4 Å². The van der Waals surface area contributed by atoms with Crippen LogP contribution in [0.5, 0.6) is 0 Å². The number of hydrogen-bond donors (Lipinski definition) is 3. The molecule has 0 saturated carbocycles. The van der Waals surface area contributed by atoms with Crippen LogP contribution in [0, 0.1) is 18.2 Å². The molecule has 0 fully saturated rings. The summed E-state index contributed by atoms with van der Waals surface area (Å²) in [5.41, 5.74) is 1.96. The van der Waals surface area contributed by atoms with Crippen molar-refractivity contribution in [1.29, 1.82) is 0 Å². The molecule has 0 aliphatic rings. The fourth-order valence-electron chi connectivity index (χ4n) is 3.82. The summed E-state index contributed by atoms with van der Waals surface area (Å²) in [6, 6.07) is 16.2. The summed E-state index contributed by atoms with van der Waals surface area (Å²) in [6.45, 7) is 8.03. The van der Waals surface area contributed by atoms with Crippen LogP contribution < -0.4 is 16.0 Å². The number of nitrogens with one attached hydrogen (secondary N) is 3. The smallest absolute Gasteiger partial charge is 0.258 e. The van der Waals surface area contributed by atoms with Crippen molar-refractivity contribution in [2.75, 3.05) is 17.2 Å². The number of halogens is 1. The Morgan fingerprint density at radius 1 is 0.872 bits per heavy atom. The largest absolute Gasteiger partial charge is 0.352 e. The van der Waals surface area contributed by atoms with Crippen molar-refractivity contribution in [2.24, 2.45) is 5.41 Å². The van der Waals surface area contributed by atoms with Crippen molar-refractivity contribution in [3.63, 3.8) is 0 Å². The molecule has 3 N–H and O–H groups in total. The van der Waals surface area contributed by atoms with Gasteiger partial charge in [0.25, 0.3) is 17.7 Å². The molecule has 4 aromatic rings. The summed E-state index contributed by atoms with van der Waals surface area (Å²) in [7, 11) is 0. The number of benzene rings is 3. The van der Waals surface area contributed by atoms with Crippen LogP contribution >= 0.6 is 11.3 Å². The third-order valence-electron chi connectivity index (χ3n) is 5.89. The Bertz CT molecular complexity index is 1510. The zero-order valence-corrected chi connectivity index (χ0v) is 22.9. The first-order chi connectivity index (χ1) is 18.5. The third-order valence-corrected chi connectivity index (χ3v) is 6.58. The van der Waals surface area contributed by atoms with E-state index in [0.29, 0.717) is 28.5 Å². The zero-order valence-electron chi connectivity index (χ0n) is 22.1. The number of anilines is 2. The van der Waals surface area contributed by atoms with E-state index in [4.69, 9.17) is 0 Å². The number of amides is 3. The van der Waals surface area contributed by atoms with Gasteiger partial charge < -0.3 is 10.6 Å². The van der Waals surface area contributed by atoms with Crippen molar-refractivity contribution >= 4 is 39.9 Å². The minimum absolute atomic E-state index is 0.0928. The molecule has 0 radical (unpaired) electrons. The standard InChI is InChI=1S/C30H29FN4O3S/c1-18-23(15-20(16-25(18)31)27(37)34-21-8-6-5-7-9-21)22-11-10-19(26(36)33-17-30(2,3)4)14-24(22)28(38)35-29-32-12-13-39-29/h5-16H,17H2,1-4H3,(H,33,36)(H,34,37)(H,32,35,38). The van der Waals surface area contributed by atoms with E-state index in [2.05, 4.69) is 20.9 Å². The minimum Gasteiger partial charge on any atom is -0.352 e. The Morgan fingerprint density at radius 3 is 2.28 bits per heavy atom. The molecule has 9 heteroatoms. The second-order valence-electron chi connectivity index (χ2n) is 10.2. The Labute approximate surface area is 230 Å². The molecule has 0 atom stereocenters. The van der Waals surface area contributed by atoms with Gasteiger partial charge in [0.1, 0.15) is 5.82 Å². The van der Waals surface area contributed by atoms with Crippen molar-refractivity contribution in [3.8, 4) is 11.1 Å². The van der Waals surface area contributed by atoms with Gasteiger partial charge in [-0.15, -0.1) is 11.3 Å². The lowest BCUT2D eigenvalue weighted by molar-refractivity contribution is 0.0938. The van der Waals surface area contributed by atoms with E-state index in [1.54, 1.807) is 61.0 Å². The first kappa shape index (κ1) is 27.7. The van der Waals surface area contributed by atoms with Gasteiger partial charge in [0.05, 0.1) is 0 Å². The first-order valence-corrected chi connectivity index (χ1v) is 13.2. The summed E-state index contributed by atoms with van der Waals surface area (Å²) in [6.07, 6.45) is 1.56. The number of carbonyl (C=O) groups is 3. The van der Waals surface area contributed by atoms with Crippen molar-refractivity contribution in [2.45, 2.75) is 27.7 Å². The Hall–Kier alpha value is -4.37. The van der Waals surface area contributed by atoms with Gasteiger partial charge in [0.2, 0.25) is 0 Å². The minimum atomic E-state index is -0.594. The summed E-state index contributed by atoms with van der Waals surface area (Å²) in [4.78, 5) is 43.4. The maximum atomic E-state index is 15.1. The quantitative estimate of drug-likeness (QED) is 0.246. The van der Waals surface area contributed by atoms with Crippen LogP contribution in [0.15, 0.2) is 72.2 Å². The summed E-state index contributed by atoms with van der Waals surface area (Å²) in [5, 5.41) is 10.5. The van der Waals surface area contributed by atoms with E-state index in [-0.39, 0.29) is 33.6 Å². The zero-order chi connectivity index (χ0) is 28.2. The van der Waals surface area contributed by atoms with E-state index in [9.17, 15) is 14.4 Å². The van der Waals surface area contributed by atoms with Gasteiger partial charge in [-0.2, -0.15) is 0 Å². The fraction of sp³-hybridized carbons (Fsp3) is 0.200. The molecule has 39 heavy (non-hydrogen) atoms. The van der Waals surface area contributed by atoms with E-state index in [0.717, 1.165) is 0 Å². The van der Waals surface area contributed by atoms with E-state index in [1.165, 1.54) is 23.5 Å². The molecule has 3 amide bonds. The summed E-state index contributed by atoms with van der Waals surface area (Å²) < 4.78 is 15.1. The lowest BCUT2D eigenvalue weighted by Gasteiger charge is -2.19. The molecule has 0 bridgehead atoms. The molecule has 4 rings (SSSR count). The molecule has 0 saturated heterocycles. The average molecular weight is 545 g/mol. The second kappa shape index (κ2) is 11.6. The van der Waals surface area contributed by atoms with Crippen LogP contribution in [0.3, 0.4) is 0 Å². The number of thiazole rings is 1. The number of nitrogens with zero attached hydrogens (tertiary/aromatic N) is 1. The normalized spacial score (nSPS) is 11.1. The lowest BCUT2D eigenvalue weighted by atomic mass is 9.91. The molecule has 1 aromatic heterocycles. The third kappa shape index (κ3) is 6.94. The van der Waals surface area contributed by atoms with E-state index < -0.39 is 17.6 Å². The lowest BCUT2D eigenvalue weighted by Crippen LogP contribution is -2.32. The van der Waals surface area contributed by atoms with Crippen molar-refractivity contribution in [3.05, 3.63) is 100 Å². The Balaban J connectivity index is 1.76. The molecule has 0 aliphatic carbocycles. The molecule has 200 valence electrons. The van der Waals surface area contributed by atoms with Crippen LogP contribution in [0.25, 0.3) is 11.1 Å². The predicted octanol–water partition coefficient (Wildman–Crippen LogP) is 6.54. The number of hydrogen-bond acceptors (Lipinski definition) is 5. The molecular formula is C30H29FN4O3S. The predicted molar refractivity (Wildman–Crippen MR) is 153 cm³/mol. The summed E-state index contributed by atoms with van der Waals surface area (Å²) in [5.74, 6) is -1.93. The topological polar surface area (TPSA) is 100 Å². The molecule has 3 aromatic carbocycles. The highest BCUT2D eigenvalue weighted by molar-refractivity contribution is 7.13. The van der Waals surface area contributed by atoms with Crippen molar-refractivity contribution in [1.82, 2.24) is 10.3 Å². The van der Waals surface area contributed by atoms with Gasteiger partial charge in [-0.1, -0.05) is 45.0 Å². The molecule has 0 aliphatic heterocycles.